The quantitative estimate of drug-likeness (QED) is 0.452. The fraction of sp³-hybridized carbons (Fsp3) is 0.500. The Labute approximate surface area is 216 Å². The Morgan fingerprint density at radius 3 is 2.31 bits per heavy atom. The molecule has 4 heterocycles. The van der Waals surface area contributed by atoms with Gasteiger partial charge in [-0.25, -0.2) is 13.1 Å². The van der Waals surface area contributed by atoms with Crippen molar-refractivity contribution in [2.45, 2.75) is 77.8 Å². The van der Waals surface area contributed by atoms with E-state index in [0.29, 0.717) is 16.7 Å². The minimum Gasteiger partial charge on any atom is -0.298 e. The molecular weight excluding hydrogens is 466 g/mol. The number of nitrogens with zero attached hydrogens (tertiary/aromatic N) is 2. The van der Waals surface area contributed by atoms with Crippen LogP contribution < -0.4 is 4.72 Å². The molecule has 0 spiro atoms. The molecular formula is C30H39N3O2S. The Morgan fingerprint density at radius 2 is 1.67 bits per heavy atom. The molecule has 6 rings (SSSR count). The number of rotatable bonds is 6. The number of para-hydroxylation sites is 1. The molecule has 2 bridgehead atoms. The summed E-state index contributed by atoms with van der Waals surface area (Å²) in [5.74, 6) is 1.35. The van der Waals surface area contributed by atoms with Crippen LogP contribution in [0.4, 0.5) is 0 Å². The summed E-state index contributed by atoms with van der Waals surface area (Å²) in [4.78, 5) is 7.55. The van der Waals surface area contributed by atoms with Crippen LogP contribution in [0.5, 0.6) is 0 Å². The number of hydrogen-bond acceptors (Lipinski definition) is 4. The topological polar surface area (TPSA) is 62.3 Å². The lowest BCUT2D eigenvalue weighted by molar-refractivity contribution is -0.0128. The minimum atomic E-state index is -3.78. The largest absolute Gasteiger partial charge is 0.298 e. The number of benzene rings is 2. The van der Waals surface area contributed by atoms with Crippen molar-refractivity contribution >= 4 is 20.9 Å². The zero-order valence-corrected chi connectivity index (χ0v) is 23.2. The highest BCUT2D eigenvalue weighted by Crippen LogP contribution is 2.43. The van der Waals surface area contributed by atoms with Crippen LogP contribution in [0.2, 0.25) is 0 Å². The standard InChI is InChI=1S/C30H39N3O2S/c1-7-23-17-33-15-13-24(23)16-28(33)29(26-12-14-31-27-11-9-8-10-25(26)27)32-36(34,35)30-21(5)19(3)18(2)20(4)22(30)6/h8-12,14,23-24,28-29,32H,7,13,15-17H2,1-6H3/t23-,24-,28+,29+/m0/s1. The number of pyridine rings is 1. The fourth-order valence-corrected chi connectivity index (χ4v) is 8.67. The van der Waals surface area contributed by atoms with Crippen molar-refractivity contribution in [3.05, 3.63) is 69.9 Å². The van der Waals surface area contributed by atoms with Crippen molar-refractivity contribution in [2.24, 2.45) is 11.8 Å². The van der Waals surface area contributed by atoms with Crippen molar-refractivity contribution in [3.8, 4) is 0 Å². The van der Waals surface area contributed by atoms with Gasteiger partial charge in [0.2, 0.25) is 10.0 Å². The second kappa shape index (κ2) is 9.55. The lowest BCUT2D eigenvalue weighted by atomic mass is 9.72. The van der Waals surface area contributed by atoms with E-state index < -0.39 is 10.0 Å². The van der Waals surface area contributed by atoms with E-state index >= 15 is 0 Å². The highest BCUT2D eigenvalue weighted by Gasteiger charge is 2.44. The van der Waals surface area contributed by atoms with E-state index in [4.69, 9.17) is 0 Å². The zero-order valence-electron chi connectivity index (χ0n) is 22.4. The molecule has 0 amide bonds. The zero-order chi connectivity index (χ0) is 25.8. The monoisotopic (exact) mass is 505 g/mol. The van der Waals surface area contributed by atoms with Crippen LogP contribution in [-0.4, -0.2) is 37.4 Å². The highest BCUT2D eigenvalue weighted by molar-refractivity contribution is 7.89. The molecule has 3 aliphatic rings. The Morgan fingerprint density at radius 1 is 1.00 bits per heavy atom. The van der Waals surface area contributed by atoms with Gasteiger partial charge >= 0.3 is 0 Å². The second-order valence-electron chi connectivity index (χ2n) is 11.0. The minimum absolute atomic E-state index is 0.125. The SMILES string of the molecule is CC[C@H]1CN2CC[C@H]1C[C@@H]2[C@H](NS(=O)(=O)c1c(C)c(C)c(C)c(C)c1C)c1ccnc2ccccc12. The van der Waals surface area contributed by atoms with Crippen LogP contribution in [0.1, 0.15) is 65.6 Å². The third-order valence-electron chi connectivity index (χ3n) is 9.35. The molecule has 5 nitrogen and oxygen atoms in total. The molecule has 3 saturated heterocycles. The smallest absolute Gasteiger partial charge is 0.241 e. The van der Waals surface area contributed by atoms with Crippen LogP contribution in [0.15, 0.2) is 41.4 Å². The molecule has 3 aliphatic heterocycles. The summed E-state index contributed by atoms with van der Waals surface area (Å²) in [6, 6.07) is 9.87. The van der Waals surface area contributed by atoms with Crippen LogP contribution in [0, 0.1) is 46.5 Å². The van der Waals surface area contributed by atoms with Crippen molar-refractivity contribution in [3.63, 3.8) is 0 Å². The van der Waals surface area contributed by atoms with E-state index in [1.807, 2.05) is 58.2 Å². The molecule has 0 saturated carbocycles. The van der Waals surface area contributed by atoms with Gasteiger partial charge in [-0.1, -0.05) is 31.5 Å². The van der Waals surface area contributed by atoms with Gasteiger partial charge in [-0.15, -0.1) is 0 Å². The van der Waals surface area contributed by atoms with Crippen molar-refractivity contribution < 1.29 is 8.42 Å². The first-order valence-corrected chi connectivity index (χ1v) is 14.8. The molecule has 36 heavy (non-hydrogen) atoms. The molecule has 2 aromatic carbocycles. The molecule has 3 fully saturated rings. The lowest BCUT2D eigenvalue weighted by Gasteiger charge is -2.52. The third kappa shape index (κ3) is 4.17. The number of piperidine rings is 3. The number of aromatic nitrogens is 1. The predicted molar refractivity (Wildman–Crippen MR) is 147 cm³/mol. The molecule has 0 radical (unpaired) electrons. The molecule has 1 aromatic heterocycles. The Hall–Kier alpha value is -2.28. The summed E-state index contributed by atoms with van der Waals surface area (Å²) in [7, 11) is -3.78. The fourth-order valence-electron chi connectivity index (χ4n) is 6.82. The summed E-state index contributed by atoms with van der Waals surface area (Å²) in [6.07, 6.45) is 5.23. The molecule has 1 unspecified atom stereocenters. The van der Waals surface area contributed by atoms with Gasteiger partial charge in [0, 0.05) is 24.2 Å². The van der Waals surface area contributed by atoms with Crippen LogP contribution in [-0.2, 0) is 10.0 Å². The maximum atomic E-state index is 14.2. The first kappa shape index (κ1) is 25.4. The maximum Gasteiger partial charge on any atom is 0.241 e. The lowest BCUT2D eigenvalue weighted by Crippen LogP contribution is -2.57. The molecule has 3 aromatic rings. The first-order chi connectivity index (χ1) is 17.1. The van der Waals surface area contributed by atoms with Crippen molar-refractivity contribution in [1.82, 2.24) is 14.6 Å². The predicted octanol–water partition coefficient (Wildman–Crippen LogP) is 5.92. The van der Waals surface area contributed by atoms with Gasteiger partial charge in [-0.05, 0) is 111 Å². The number of fused-ring (bicyclic) bond motifs is 4. The Balaban J connectivity index is 1.64. The average Bonchev–Trinajstić information content (AvgIpc) is 2.89. The third-order valence-corrected chi connectivity index (χ3v) is 11.1. The molecule has 192 valence electrons. The number of nitrogens with one attached hydrogen (secondary N) is 1. The molecule has 5 atom stereocenters. The first-order valence-electron chi connectivity index (χ1n) is 13.3. The van der Waals surface area contributed by atoms with E-state index in [1.54, 1.807) is 0 Å². The van der Waals surface area contributed by atoms with Gasteiger partial charge in [-0.2, -0.15) is 0 Å². The van der Waals surface area contributed by atoms with Gasteiger partial charge < -0.3 is 0 Å². The average molecular weight is 506 g/mol. The summed E-state index contributed by atoms with van der Waals surface area (Å²) in [5.41, 5.74) is 6.88. The van der Waals surface area contributed by atoms with Crippen molar-refractivity contribution in [1.29, 1.82) is 0 Å². The van der Waals surface area contributed by atoms with Gasteiger partial charge in [0.1, 0.15) is 0 Å². The van der Waals surface area contributed by atoms with E-state index in [9.17, 15) is 8.42 Å². The van der Waals surface area contributed by atoms with Gasteiger partial charge in [0.05, 0.1) is 16.5 Å². The summed E-state index contributed by atoms with van der Waals surface area (Å²) in [5, 5.41) is 1.02. The maximum absolute atomic E-state index is 14.2. The summed E-state index contributed by atoms with van der Waals surface area (Å²) >= 11 is 0. The van der Waals surface area contributed by atoms with Crippen molar-refractivity contribution in [2.75, 3.05) is 13.1 Å². The van der Waals surface area contributed by atoms with Crippen LogP contribution in [0.25, 0.3) is 10.9 Å². The van der Waals surface area contributed by atoms with Gasteiger partial charge in [0.25, 0.3) is 0 Å². The molecule has 0 aliphatic carbocycles. The molecule has 1 N–H and O–H groups in total. The van der Waals surface area contributed by atoms with Crippen LogP contribution in [0.3, 0.4) is 0 Å². The van der Waals surface area contributed by atoms with Gasteiger partial charge in [-0.3, -0.25) is 9.88 Å². The normalized spacial score (nSPS) is 24.8. The van der Waals surface area contributed by atoms with E-state index in [2.05, 4.69) is 34.5 Å². The second-order valence-corrected chi connectivity index (χ2v) is 12.6. The Bertz CT molecular complexity index is 1380. The molecule has 6 heteroatoms. The highest BCUT2D eigenvalue weighted by atomic mass is 32.2. The van der Waals surface area contributed by atoms with E-state index in [1.165, 1.54) is 18.4 Å². The van der Waals surface area contributed by atoms with E-state index in [-0.39, 0.29) is 12.1 Å². The number of sulfonamides is 1. The Kier molecular flexibility index (Phi) is 6.73. The van der Waals surface area contributed by atoms with Crippen LogP contribution >= 0.6 is 0 Å². The van der Waals surface area contributed by atoms with Gasteiger partial charge in [0.15, 0.2) is 0 Å². The summed E-state index contributed by atoms with van der Waals surface area (Å²) in [6.45, 7) is 14.4. The number of hydrogen-bond donors (Lipinski definition) is 1. The van der Waals surface area contributed by atoms with E-state index in [0.717, 1.165) is 58.2 Å². The summed E-state index contributed by atoms with van der Waals surface area (Å²) < 4.78 is 31.7.